The summed E-state index contributed by atoms with van der Waals surface area (Å²) in [4.78, 5) is 39.7. The van der Waals surface area contributed by atoms with Gasteiger partial charge in [-0.2, -0.15) is 0 Å². The Morgan fingerprint density at radius 3 is 2.24 bits per heavy atom. The molecule has 3 aliphatic rings. The average molecular weight is 544 g/mol. The zero-order chi connectivity index (χ0) is 26.5. The van der Waals surface area contributed by atoms with E-state index in [2.05, 4.69) is 10.6 Å². The standard InChI is InChI=1S/C26H29N3O8S/c30-24(27-18-3-1-2-4-18)12-29(11-17-5-7-20-22(9-17)36-15-34-20)26(32)14-38(33)13-25(31)28-19-6-8-21-23(10-19)37-16-35-21/h5-10,18H,1-4,11-16H2,(H,27,30)(H,28,31)/t38-/m0/s1. The lowest BCUT2D eigenvalue weighted by molar-refractivity contribution is -0.134. The number of rotatable bonds is 10. The minimum atomic E-state index is -1.79. The molecule has 0 saturated heterocycles. The maximum atomic E-state index is 13.2. The summed E-state index contributed by atoms with van der Waals surface area (Å²) in [5.41, 5.74) is 1.21. The Labute approximate surface area is 222 Å². The van der Waals surface area contributed by atoms with E-state index in [0.29, 0.717) is 28.7 Å². The van der Waals surface area contributed by atoms with E-state index in [1.807, 2.05) is 0 Å². The van der Waals surface area contributed by atoms with Crippen molar-refractivity contribution in [3.63, 3.8) is 0 Å². The van der Waals surface area contributed by atoms with Crippen molar-refractivity contribution in [2.45, 2.75) is 38.3 Å². The van der Waals surface area contributed by atoms with Crippen molar-refractivity contribution >= 4 is 34.2 Å². The Bertz CT molecular complexity index is 1250. The highest BCUT2D eigenvalue weighted by molar-refractivity contribution is 7.86. The summed E-state index contributed by atoms with van der Waals surface area (Å²) in [6, 6.07) is 10.3. The van der Waals surface area contributed by atoms with Gasteiger partial charge in [0.2, 0.25) is 31.3 Å². The van der Waals surface area contributed by atoms with Crippen LogP contribution in [0.2, 0.25) is 0 Å². The van der Waals surface area contributed by atoms with E-state index in [1.54, 1.807) is 36.4 Å². The Morgan fingerprint density at radius 1 is 0.842 bits per heavy atom. The monoisotopic (exact) mass is 543 g/mol. The topological polar surface area (TPSA) is 133 Å². The molecular formula is C26H29N3O8S. The second-order valence-electron chi connectivity index (χ2n) is 9.33. The lowest BCUT2D eigenvalue weighted by Gasteiger charge is -2.23. The normalized spacial score (nSPS) is 16.2. The van der Waals surface area contributed by atoms with Crippen LogP contribution in [0, 0.1) is 0 Å². The predicted molar refractivity (Wildman–Crippen MR) is 137 cm³/mol. The SMILES string of the molecule is O=C(C[S@](=O)CC(=O)N(CC(=O)NC1CCCC1)Cc1ccc2c(c1)OCO2)Nc1ccc2c(c1)OCO2. The summed E-state index contributed by atoms with van der Waals surface area (Å²) >= 11 is 0. The molecule has 38 heavy (non-hydrogen) atoms. The number of hydrogen-bond acceptors (Lipinski definition) is 8. The van der Waals surface area contributed by atoms with E-state index < -0.39 is 28.4 Å². The zero-order valence-electron chi connectivity index (χ0n) is 20.7. The largest absolute Gasteiger partial charge is 0.454 e. The van der Waals surface area contributed by atoms with Crippen LogP contribution in [0.15, 0.2) is 36.4 Å². The zero-order valence-corrected chi connectivity index (χ0v) is 21.6. The number of anilines is 1. The third-order valence-electron chi connectivity index (χ3n) is 6.45. The Kier molecular flexibility index (Phi) is 7.97. The van der Waals surface area contributed by atoms with E-state index in [4.69, 9.17) is 18.9 Å². The maximum Gasteiger partial charge on any atom is 0.239 e. The van der Waals surface area contributed by atoms with Crippen molar-refractivity contribution in [1.82, 2.24) is 10.2 Å². The average Bonchev–Trinajstić information content (AvgIpc) is 3.65. The van der Waals surface area contributed by atoms with Crippen molar-refractivity contribution < 1.29 is 37.5 Å². The second-order valence-corrected chi connectivity index (χ2v) is 10.8. The molecule has 11 nitrogen and oxygen atoms in total. The smallest absolute Gasteiger partial charge is 0.239 e. The molecule has 2 N–H and O–H groups in total. The molecule has 0 spiro atoms. The molecule has 5 rings (SSSR count). The number of carbonyl (C=O) groups excluding carboxylic acids is 3. The second kappa shape index (κ2) is 11.7. The predicted octanol–water partition coefficient (Wildman–Crippen LogP) is 1.92. The Hall–Kier alpha value is -3.80. The summed E-state index contributed by atoms with van der Waals surface area (Å²) in [5, 5.41) is 5.64. The first-order valence-corrected chi connectivity index (χ1v) is 13.9. The molecule has 1 aliphatic carbocycles. The Morgan fingerprint density at radius 2 is 1.50 bits per heavy atom. The summed E-state index contributed by atoms with van der Waals surface area (Å²) < 4.78 is 34.0. The minimum Gasteiger partial charge on any atom is -0.454 e. The van der Waals surface area contributed by atoms with Crippen LogP contribution in [-0.2, 0) is 31.7 Å². The van der Waals surface area contributed by atoms with Gasteiger partial charge in [0.25, 0.3) is 0 Å². The van der Waals surface area contributed by atoms with Gasteiger partial charge in [-0.3, -0.25) is 18.6 Å². The maximum absolute atomic E-state index is 13.2. The summed E-state index contributed by atoms with van der Waals surface area (Å²) in [5.74, 6) is 0.245. The number of fused-ring (bicyclic) bond motifs is 2. The number of ether oxygens (including phenoxy) is 4. The van der Waals surface area contributed by atoms with Crippen molar-refractivity contribution in [1.29, 1.82) is 0 Å². The van der Waals surface area contributed by atoms with Crippen LogP contribution in [0.25, 0.3) is 0 Å². The fraction of sp³-hybridized carbons (Fsp3) is 0.423. The molecule has 12 heteroatoms. The molecular weight excluding hydrogens is 514 g/mol. The first-order valence-electron chi connectivity index (χ1n) is 12.4. The van der Waals surface area contributed by atoms with Crippen LogP contribution in [0.3, 0.4) is 0 Å². The van der Waals surface area contributed by atoms with Gasteiger partial charge in [0.15, 0.2) is 23.0 Å². The molecule has 2 heterocycles. The van der Waals surface area contributed by atoms with Gasteiger partial charge in [-0.15, -0.1) is 0 Å². The lowest BCUT2D eigenvalue weighted by atomic mass is 10.2. The minimum absolute atomic E-state index is 0.110. The van der Waals surface area contributed by atoms with Crippen molar-refractivity contribution in [2.75, 3.05) is 37.0 Å². The van der Waals surface area contributed by atoms with Crippen LogP contribution < -0.4 is 29.6 Å². The van der Waals surface area contributed by atoms with Crippen LogP contribution in [0.4, 0.5) is 5.69 Å². The Balaban J connectivity index is 1.19. The van der Waals surface area contributed by atoms with Gasteiger partial charge in [-0.25, -0.2) is 0 Å². The van der Waals surface area contributed by atoms with Crippen LogP contribution in [-0.4, -0.2) is 64.5 Å². The summed E-state index contributed by atoms with van der Waals surface area (Å²) in [6.07, 6.45) is 3.98. The number of hydrogen-bond donors (Lipinski definition) is 2. The fourth-order valence-electron chi connectivity index (χ4n) is 4.61. The lowest BCUT2D eigenvalue weighted by Crippen LogP contribution is -2.44. The fourth-order valence-corrected chi connectivity index (χ4v) is 5.53. The third-order valence-corrected chi connectivity index (χ3v) is 7.60. The van der Waals surface area contributed by atoms with Gasteiger partial charge in [-0.05, 0) is 42.7 Å². The van der Waals surface area contributed by atoms with Gasteiger partial charge >= 0.3 is 0 Å². The molecule has 0 aromatic heterocycles. The first-order chi connectivity index (χ1) is 18.4. The molecule has 1 saturated carbocycles. The van der Waals surface area contributed by atoms with E-state index in [0.717, 1.165) is 31.2 Å². The van der Waals surface area contributed by atoms with Gasteiger partial charge < -0.3 is 34.5 Å². The molecule has 0 radical (unpaired) electrons. The molecule has 2 aromatic carbocycles. The van der Waals surface area contributed by atoms with Gasteiger partial charge in [0.05, 0.1) is 6.54 Å². The number of carbonyl (C=O) groups is 3. The van der Waals surface area contributed by atoms with Gasteiger partial charge in [0.1, 0.15) is 11.5 Å². The number of benzene rings is 2. The highest BCUT2D eigenvalue weighted by Crippen LogP contribution is 2.34. The number of nitrogens with zero attached hydrogens (tertiary/aromatic N) is 1. The summed E-state index contributed by atoms with van der Waals surface area (Å²) in [6.45, 7) is 0.178. The van der Waals surface area contributed by atoms with E-state index in [1.165, 1.54) is 4.90 Å². The molecule has 1 fully saturated rings. The number of amides is 3. The first kappa shape index (κ1) is 25.8. The molecule has 1 atom stereocenters. The van der Waals surface area contributed by atoms with E-state index in [9.17, 15) is 18.6 Å². The van der Waals surface area contributed by atoms with Crippen molar-refractivity contribution in [3.8, 4) is 23.0 Å². The van der Waals surface area contributed by atoms with Gasteiger partial charge in [-0.1, -0.05) is 18.9 Å². The van der Waals surface area contributed by atoms with Gasteiger partial charge in [0, 0.05) is 35.1 Å². The molecule has 2 aliphatic heterocycles. The third kappa shape index (κ3) is 6.55. The van der Waals surface area contributed by atoms with Crippen LogP contribution >= 0.6 is 0 Å². The highest BCUT2D eigenvalue weighted by Gasteiger charge is 2.25. The van der Waals surface area contributed by atoms with Crippen molar-refractivity contribution in [2.24, 2.45) is 0 Å². The molecule has 0 unspecified atom stereocenters. The molecule has 3 amide bonds. The quantitative estimate of drug-likeness (QED) is 0.465. The van der Waals surface area contributed by atoms with E-state index >= 15 is 0 Å². The van der Waals surface area contributed by atoms with Crippen LogP contribution in [0.5, 0.6) is 23.0 Å². The molecule has 2 aromatic rings. The summed E-state index contributed by atoms with van der Waals surface area (Å²) in [7, 11) is -1.79. The number of nitrogens with one attached hydrogen (secondary N) is 2. The highest BCUT2D eigenvalue weighted by atomic mass is 32.2. The van der Waals surface area contributed by atoms with Crippen molar-refractivity contribution in [3.05, 3.63) is 42.0 Å². The molecule has 0 bridgehead atoms. The van der Waals surface area contributed by atoms with E-state index in [-0.39, 0.29) is 44.4 Å². The van der Waals surface area contributed by atoms with Crippen LogP contribution in [0.1, 0.15) is 31.2 Å². The molecule has 202 valence electrons.